The number of urea groups is 1. The van der Waals surface area contributed by atoms with E-state index in [-0.39, 0.29) is 11.9 Å². The van der Waals surface area contributed by atoms with Gasteiger partial charge in [-0.3, -0.25) is 0 Å². The van der Waals surface area contributed by atoms with Crippen molar-refractivity contribution in [1.29, 1.82) is 0 Å². The Labute approximate surface area is 114 Å². The van der Waals surface area contributed by atoms with Gasteiger partial charge in [0.25, 0.3) is 0 Å². The molecule has 0 saturated heterocycles. The van der Waals surface area contributed by atoms with E-state index in [1.54, 1.807) is 6.92 Å². The molecule has 0 aromatic rings. The van der Waals surface area contributed by atoms with Crippen molar-refractivity contribution >= 4 is 12.0 Å². The number of carboxylic acids is 1. The van der Waals surface area contributed by atoms with Crippen LogP contribution in [0.4, 0.5) is 4.79 Å². The van der Waals surface area contributed by atoms with Gasteiger partial charge in [-0.05, 0) is 44.9 Å². The molecular weight excluding hydrogens is 244 g/mol. The number of nitrogens with one attached hydrogen (secondary N) is 2. The van der Waals surface area contributed by atoms with E-state index in [1.165, 1.54) is 0 Å². The van der Waals surface area contributed by atoms with Gasteiger partial charge in [-0.15, -0.1) is 6.58 Å². The van der Waals surface area contributed by atoms with Gasteiger partial charge in [-0.1, -0.05) is 12.5 Å². The number of hydrogen-bond donors (Lipinski definition) is 3. The number of carbonyl (C=O) groups excluding carboxylic acids is 1. The number of allylic oxidation sites excluding steroid dienone is 1. The van der Waals surface area contributed by atoms with Gasteiger partial charge in [0.1, 0.15) is 5.54 Å². The van der Waals surface area contributed by atoms with Gasteiger partial charge in [-0.25, -0.2) is 9.59 Å². The van der Waals surface area contributed by atoms with E-state index in [2.05, 4.69) is 17.2 Å². The zero-order valence-electron chi connectivity index (χ0n) is 11.6. The summed E-state index contributed by atoms with van der Waals surface area (Å²) in [6.07, 6.45) is 7.61. The Bertz CT molecular complexity index is 340. The fourth-order valence-corrected chi connectivity index (χ4v) is 2.06. The summed E-state index contributed by atoms with van der Waals surface area (Å²) < 4.78 is 0. The van der Waals surface area contributed by atoms with E-state index in [1.807, 2.05) is 6.08 Å². The molecule has 0 bridgehead atoms. The van der Waals surface area contributed by atoms with Crippen molar-refractivity contribution in [2.24, 2.45) is 5.92 Å². The van der Waals surface area contributed by atoms with Crippen LogP contribution in [-0.2, 0) is 4.79 Å². The fourth-order valence-electron chi connectivity index (χ4n) is 2.06. The summed E-state index contributed by atoms with van der Waals surface area (Å²) in [7, 11) is 0. The Kier molecular flexibility index (Phi) is 5.86. The molecule has 1 atom stereocenters. The molecular formula is C14H24N2O3. The Balaban J connectivity index is 2.22. The summed E-state index contributed by atoms with van der Waals surface area (Å²) in [5, 5.41) is 14.5. The van der Waals surface area contributed by atoms with E-state index in [4.69, 9.17) is 0 Å². The first kappa shape index (κ1) is 15.5. The molecule has 1 saturated carbocycles. The third-order valence-corrected chi connectivity index (χ3v) is 3.58. The van der Waals surface area contributed by atoms with Crippen LogP contribution in [0.25, 0.3) is 0 Å². The molecule has 1 fully saturated rings. The number of hydrogen-bond acceptors (Lipinski definition) is 2. The Hall–Kier alpha value is -1.52. The lowest BCUT2D eigenvalue weighted by Gasteiger charge is -2.26. The minimum atomic E-state index is -1.13. The molecule has 0 aliphatic heterocycles. The van der Waals surface area contributed by atoms with Crippen molar-refractivity contribution in [2.75, 3.05) is 6.54 Å². The highest BCUT2D eigenvalue weighted by Crippen LogP contribution is 2.39. The number of rotatable bonds is 9. The normalized spacial score (nSPS) is 17.3. The monoisotopic (exact) mass is 268 g/mol. The smallest absolute Gasteiger partial charge is 0.329 e. The van der Waals surface area contributed by atoms with Crippen LogP contribution in [0.1, 0.15) is 45.4 Å². The van der Waals surface area contributed by atoms with Crippen molar-refractivity contribution in [2.45, 2.75) is 51.0 Å². The van der Waals surface area contributed by atoms with Crippen molar-refractivity contribution in [3.63, 3.8) is 0 Å². The second-order valence-electron chi connectivity index (χ2n) is 5.30. The van der Waals surface area contributed by atoms with E-state index in [0.29, 0.717) is 6.54 Å². The first-order chi connectivity index (χ1) is 9.00. The average Bonchev–Trinajstić information content (AvgIpc) is 3.17. The summed E-state index contributed by atoms with van der Waals surface area (Å²) in [5.74, 6) is -0.903. The van der Waals surface area contributed by atoms with Gasteiger partial charge in [0, 0.05) is 6.54 Å². The van der Waals surface area contributed by atoms with Crippen LogP contribution in [0.3, 0.4) is 0 Å². The minimum Gasteiger partial charge on any atom is -0.480 e. The van der Waals surface area contributed by atoms with Crippen LogP contribution < -0.4 is 10.6 Å². The van der Waals surface area contributed by atoms with Crippen LogP contribution in [0.5, 0.6) is 0 Å². The molecule has 5 heteroatoms. The number of aliphatic carboxylic acids is 1. The molecule has 2 amide bonds. The SMILES string of the molecule is C=CCCCCCNC(=O)NC(C)(C(=O)O)C1CC1. The van der Waals surface area contributed by atoms with Crippen molar-refractivity contribution in [3.05, 3.63) is 12.7 Å². The Morgan fingerprint density at radius 1 is 1.37 bits per heavy atom. The van der Waals surface area contributed by atoms with Gasteiger partial charge in [0.05, 0.1) is 0 Å². The number of carboxylic acid groups (broad SMARTS) is 1. The quantitative estimate of drug-likeness (QED) is 0.443. The highest BCUT2D eigenvalue weighted by Gasteiger charge is 2.48. The van der Waals surface area contributed by atoms with Crippen LogP contribution in [-0.4, -0.2) is 29.2 Å². The van der Waals surface area contributed by atoms with Crippen LogP contribution in [0, 0.1) is 5.92 Å². The van der Waals surface area contributed by atoms with Crippen molar-refractivity contribution < 1.29 is 14.7 Å². The van der Waals surface area contributed by atoms with E-state index >= 15 is 0 Å². The van der Waals surface area contributed by atoms with Crippen molar-refractivity contribution in [3.8, 4) is 0 Å². The summed E-state index contributed by atoms with van der Waals surface area (Å²) in [6, 6.07) is -0.388. The standard InChI is InChI=1S/C14H24N2O3/c1-3-4-5-6-7-10-15-13(19)16-14(2,12(17)18)11-8-9-11/h3,11H,1,4-10H2,2H3,(H,17,18)(H2,15,16,19). The zero-order valence-corrected chi connectivity index (χ0v) is 11.6. The third-order valence-electron chi connectivity index (χ3n) is 3.58. The van der Waals surface area contributed by atoms with Gasteiger partial charge >= 0.3 is 12.0 Å². The lowest BCUT2D eigenvalue weighted by molar-refractivity contribution is -0.144. The minimum absolute atomic E-state index is 0.0586. The number of unbranched alkanes of at least 4 members (excludes halogenated alkanes) is 3. The fraction of sp³-hybridized carbons (Fsp3) is 0.714. The summed E-state index contributed by atoms with van der Waals surface area (Å²) in [5.41, 5.74) is -1.13. The van der Waals surface area contributed by atoms with E-state index in [9.17, 15) is 14.7 Å². The highest BCUT2D eigenvalue weighted by molar-refractivity contribution is 5.86. The molecule has 1 rings (SSSR count). The van der Waals surface area contributed by atoms with E-state index < -0.39 is 11.5 Å². The maximum Gasteiger partial charge on any atom is 0.329 e. The maximum atomic E-state index is 11.7. The summed E-state index contributed by atoms with van der Waals surface area (Å²) in [4.78, 5) is 22.9. The molecule has 0 radical (unpaired) electrons. The maximum absolute atomic E-state index is 11.7. The molecule has 0 aromatic heterocycles. The second-order valence-corrected chi connectivity index (χ2v) is 5.30. The molecule has 0 spiro atoms. The van der Waals surface area contributed by atoms with Gasteiger partial charge in [-0.2, -0.15) is 0 Å². The Morgan fingerprint density at radius 2 is 2.05 bits per heavy atom. The molecule has 1 unspecified atom stereocenters. The number of amides is 2. The second kappa shape index (κ2) is 7.16. The Morgan fingerprint density at radius 3 is 2.58 bits per heavy atom. The lowest BCUT2D eigenvalue weighted by Crippen LogP contribution is -2.56. The molecule has 3 N–H and O–H groups in total. The highest BCUT2D eigenvalue weighted by atomic mass is 16.4. The molecule has 5 nitrogen and oxygen atoms in total. The largest absolute Gasteiger partial charge is 0.480 e. The van der Waals surface area contributed by atoms with Crippen LogP contribution in [0.2, 0.25) is 0 Å². The molecule has 0 aromatic carbocycles. The first-order valence-electron chi connectivity index (χ1n) is 6.91. The number of carbonyl (C=O) groups is 2. The van der Waals surface area contributed by atoms with Gasteiger partial charge in [0.2, 0.25) is 0 Å². The molecule has 1 aliphatic rings. The molecule has 108 valence electrons. The molecule has 1 aliphatic carbocycles. The van der Waals surface area contributed by atoms with Crippen LogP contribution >= 0.6 is 0 Å². The van der Waals surface area contributed by atoms with Crippen molar-refractivity contribution in [1.82, 2.24) is 10.6 Å². The zero-order chi connectivity index (χ0) is 14.3. The third kappa shape index (κ3) is 4.93. The molecule has 0 heterocycles. The van der Waals surface area contributed by atoms with Gasteiger partial charge in [0.15, 0.2) is 0 Å². The molecule has 19 heavy (non-hydrogen) atoms. The summed E-state index contributed by atoms with van der Waals surface area (Å²) in [6.45, 7) is 5.80. The summed E-state index contributed by atoms with van der Waals surface area (Å²) >= 11 is 0. The van der Waals surface area contributed by atoms with Crippen LogP contribution in [0.15, 0.2) is 12.7 Å². The van der Waals surface area contributed by atoms with E-state index in [0.717, 1.165) is 38.5 Å². The lowest BCUT2D eigenvalue weighted by atomic mass is 9.96. The predicted octanol–water partition coefficient (Wildman–Crippen LogP) is 2.29. The first-order valence-corrected chi connectivity index (χ1v) is 6.91. The topological polar surface area (TPSA) is 78.4 Å². The van der Waals surface area contributed by atoms with Gasteiger partial charge < -0.3 is 15.7 Å². The predicted molar refractivity (Wildman–Crippen MR) is 74.0 cm³/mol. The average molecular weight is 268 g/mol.